The number of H-pyrrole nitrogens is 1. The fraction of sp³-hybridized carbons (Fsp3) is 0.278. The van der Waals surface area contributed by atoms with E-state index in [0.29, 0.717) is 0 Å². The van der Waals surface area contributed by atoms with E-state index < -0.39 is 0 Å². The second-order valence-corrected chi connectivity index (χ2v) is 7.54. The second kappa shape index (κ2) is 5.29. The number of thiophene rings is 1. The van der Waals surface area contributed by atoms with E-state index in [0.717, 1.165) is 27.0 Å². The van der Waals surface area contributed by atoms with Gasteiger partial charge < -0.3 is 10.3 Å². The van der Waals surface area contributed by atoms with Crippen molar-refractivity contribution in [1.29, 1.82) is 0 Å². The number of benzene rings is 1. The topological polar surface area (TPSA) is 44.9 Å². The lowest BCUT2D eigenvalue weighted by Crippen LogP contribution is -2.11. The average Bonchev–Trinajstić information content (AvgIpc) is 3.03. The van der Waals surface area contributed by atoms with E-state index in [9.17, 15) is 4.79 Å². The lowest BCUT2D eigenvalue weighted by molar-refractivity contribution is 0.103. The van der Waals surface area contributed by atoms with Gasteiger partial charge in [0.15, 0.2) is 0 Å². The van der Waals surface area contributed by atoms with Crippen LogP contribution in [0, 0.1) is 6.92 Å². The molecule has 1 aromatic carbocycles. The molecule has 1 amide bonds. The van der Waals surface area contributed by atoms with Crippen LogP contribution < -0.4 is 5.32 Å². The third-order valence-corrected chi connectivity index (χ3v) is 4.77. The van der Waals surface area contributed by atoms with Crippen molar-refractivity contribution in [2.24, 2.45) is 0 Å². The lowest BCUT2D eigenvalue weighted by atomic mass is 9.92. The first-order chi connectivity index (χ1) is 10.3. The molecule has 0 spiro atoms. The number of amides is 1. The number of carbonyl (C=O) groups is 1. The monoisotopic (exact) mass is 312 g/mol. The van der Waals surface area contributed by atoms with Gasteiger partial charge in [0.25, 0.3) is 5.91 Å². The Morgan fingerprint density at radius 3 is 2.59 bits per heavy atom. The number of aromatic nitrogens is 1. The van der Waals surface area contributed by atoms with Crippen LogP contribution in [-0.4, -0.2) is 10.9 Å². The van der Waals surface area contributed by atoms with Gasteiger partial charge in [0, 0.05) is 27.7 Å². The molecule has 0 radical (unpaired) electrons. The summed E-state index contributed by atoms with van der Waals surface area (Å²) in [5, 5.41) is 6.04. The predicted molar refractivity (Wildman–Crippen MR) is 94.0 cm³/mol. The minimum absolute atomic E-state index is 0.0431. The number of hydrogen-bond donors (Lipinski definition) is 2. The van der Waals surface area contributed by atoms with Crippen LogP contribution in [-0.2, 0) is 5.41 Å². The van der Waals surface area contributed by atoms with Crippen LogP contribution in [0.25, 0.3) is 10.9 Å². The van der Waals surface area contributed by atoms with Crippen molar-refractivity contribution >= 4 is 33.8 Å². The van der Waals surface area contributed by atoms with Gasteiger partial charge in [-0.05, 0) is 48.2 Å². The van der Waals surface area contributed by atoms with E-state index in [4.69, 9.17) is 0 Å². The highest BCUT2D eigenvalue weighted by Crippen LogP contribution is 2.28. The molecular formula is C18H20N2OS. The molecule has 3 rings (SSSR count). The summed E-state index contributed by atoms with van der Waals surface area (Å²) in [5.41, 5.74) is 4.21. The number of aryl methyl sites for hydroxylation is 1. The molecule has 22 heavy (non-hydrogen) atoms. The molecule has 0 saturated carbocycles. The van der Waals surface area contributed by atoms with Gasteiger partial charge in [-0.1, -0.05) is 20.8 Å². The van der Waals surface area contributed by atoms with Gasteiger partial charge >= 0.3 is 0 Å². The molecule has 0 aliphatic carbocycles. The highest BCUT2D eigenvalue weighted by Gasteiger charge is 2.16. The van der Waals surface area contributed by atoms with Crippen LogP contribution in [0.5, 0.6) is 0 Å². The molecule has 2 aromatic heterocycles. The van der Waals surface area contributed by atoms with Crippen LogP contribution >= 0.6 is 11.3 Å². The SMILES string of the molecule is Cc1ccsc1C(=O)Nc1ccc2[nH]c(C(C)(C)C)cc2c1. The number of hydrogen-bond acceptors (Lipinski definition) is 2. The highest BCUT2D eigenvalue weighted by atomic mass is 32.1. The van der Waals surface area contributed by atoms with E-state index >= 15 is 0 Å². The Morgan fingerprint density at radius 2 is 1.95 bits per heavy atom. The van der Waals surface area contributed by atoms with Crippen molar-refractivity contribution in [2.75, 3.05) is 5.32 Å². The summed E-state index contributed by atoms with van der Waals surface area (Å²) in [6.45, 7) is 8.50. The molecule has 4 heteroatoms. The third-order valence-electron chi connectivity index (χ3n) is 3.75. The molecule has 3 aromatic rings. The number of rotatable bonds is 2. The van der Waals surface area contributed by atoms with Crippen LogP contribution in [0.3, 0.4) is 0 Å². The lowest BCUT2D eigenvalue weighted by Gasteiger charge is -2.15. The first-order valence-electron chi connectivity index (χ1n) is 7.33. The maximum atomic E-state index is 12.3. The van der Waals surface area contributed by atoms with Gasteiger partial charge in [-0.25, -0.2) is 0 Å². The Labute approximate surface area is 134 Å². The number of nitrogens with one attached hydrogen (secondary N) is 2. The van der Waals surface area contributed by atoms with E-state index in [1.165, 1.54) is 17.0 Å². The molecule has 0 aliphatic rings. The molecule has 114 valence electrons. The maximum Gasteiger partial charge on any atom is 0.265 e. The Bertz CT molecular complexity index is 836. The van der Waals surface area contributed by atoms with E-state index in [1.807, 2.05) is 36.6 Å². The van der Waals surface area contributed by atoms with Crippen molar-refractivity contribution in [3.05, 3.63) is 51.8 Å². The normalized spacial score (nSPS) is 11.8. The van der Waals surface area contributed by atoms with Gasteiger partial charge in [0.2, 0.25) is 0 Å². The van der Waals surface area contributed by atoms with E-state index in [-0.39, 0.29) is 11.3 Å². The van der Waals surface area contributed by atoms with Crippen molar-refractivity contribution in [1.82, 2.24) is 4.98 Å². The zero-order valence-electron chi connectivity index (χ0n) is 13.3. The smallest absolute Gasteiger partial charge is 0.265 e. The Hall–Kier alpha value is -2.07. The first-order valence-corrected chi connectivity index (χ1v) is 8.21. The van der Waals surface area contributed by atoms with E-state index in [2.05, 4.69) is 37.1 Å². The van der Waals surface area contributed by atoms with Crippen molar-refractivity contribution in [2.45, 2.75) is 33.1 Å². The zero-order valence-corrected chi connectivity index (χ0v) is 14.1. The average molecular weight is 312 g/mol. The zero-order chi connectivity index (χ0) is 15.9. The first kappa shape index (κ1) is 14.9. The van der Waals surface area contributed by atoms with Gasteiger partial charge in [-0.3, -0.25) is 4.79 Å². The summed E-state index contributed by atoms with van der Waals surface area (Å²) in [5.74, 6) is -0.0431. The molecule has 0 unspecified atom stereocenters. The summed E-state index contributed by atoms with van der Waals surface area (Å²) >= 11 is 1.47. The van der Waals surface area contributed by atoms with Crippen molar-refractivity contribution in [3.63, 3.8) is 0 Å². The second-order valence-electron chi connectivity index (χ2n) is 6.62. The summed E-state index contributed by atoms with van der Waals surface area (Å²) in [4.78, 5) is 16.5. The molecule has 3 nitrogen and oxygen atoms in total. The Morgan fingerprint density at radius 1 is 1.18 bits per heavy atom. The van der Waals surface area contributed by atoms with Gasteiger partial charge in [-0.2, -0.15) is 0 Å². The summed E-state index contributed by atoms with van der Waals surface area (Å²) in [6, 6.07) is 10.1. The minimum Gasteiger partial charge on any atom is -0.358 e. The molecule has 0 atom stereocenters. The number of aromatic amines is 1. The highest BCUT2D eigenvalue weighted by molar-refractivity contribution is 7.12. The Balaban J connectivity index is 1.89. The largest absolute Gasteiger partial charge is 0.358 e. The molecular weight excluding hydrogens is 292 g/mol. The van der Waals surface area contributed by atoms with Crippen molar-refractivity contribution in [3.8, 4) is 0 Å². The molecule has 0 saturated heterocycles. The standard InChI is InChI=1S/C18H20N2OS/c1-11-7-8-22-16(11)17(21)19-13-5-6-14-12(9-13)10-15(20-14)18(2,3)4/h5-10,20H,1-4H3,(H,19,21). The summed E-state index contributed by atoms with van der Waals surface area (Å²) < 4.78 is 0. The maximum absolute atomic E-state index is 12.3. The van der Waals surface area contributed by atoms with Crippen LogP contribution in [0.2, 0.25) is 0 Å². The number of fused-ring (bicyclic) bond motifs is 1. The van der Waals surface area contributed by atoms with Crippen LogP contribution in [0.1, 0.15) is 41.7 Å². The number of carbonyl (C=O) groups excluding carboxylic acids is 1. The fourth-order valence-electron chi connectivity index (χ4n) is 2.41. The Kier molecular flexibility index (Phi) is 3.57. The van der Waals surface area contributed by atoms with Crippen LogP contribution in [0.4, 0.5) is 5.69 Å². The third kappa shape index (κ3) is 2.79. The summed E-state index contributed by atoms with van der Waals surface area (Å²) in [7, 11) is 0. The minimum atomic E-state index is -0.0431. The van der Waals surface area contributed by atoms with Gasteiger partial charge in [-0.15, -0.1) is 11.3 Å². The quantitative estimate of drug-likeness (QED) is 0.680. The molecule has 0 fully saturated rings. The summed E-state index contributed by atoms with van der Waals surface area (Å²) in [6.07, 6.45) is 0. The molecule has 0 aliphatic heterocycles. The van der Waals surface area contributed by atoms with Gasteiger partial charge in [0.05, 0.1) is 4.88 Å². The van der Waals surface area contributed by atoms with Gasteiger partial charge in [0.1, 0.15) is 0 Å². The molecule has 2 N–H and O–H groups in total. The molecule has 0 bridgehead atoms. The van der Waals surface area contributed by atoms with E-state index in [1.54, 1.807) is 0 Å². The van der Waals surface area contributed by atoms with Crippen molar-refractivity contribution < 1.29 is 4.79 Å². The molecule has 2 heterocycles. The fourth-order valence-corrected chi connectivity index (χ4v) is 3.23. The number of anilines is 1. The van der Waals surface area contributed by atoms with Crippen LogP contribution in [0.15, 0.2) is 35.7 Å². The predicted octanol–water partition coefficient (Wildman–Crippen LogP) is 5.09.